The van der Waals surface area contributed by atoms with Gasteiger partial charge < -0.3 is 15.5 Å². The van der Waals surface area contributed by atoms with Gasteiger partial charge in [-0.3, -0.25) is 9.59 Å². The van der Waals surface area contributed by atoms with E-state index in [-0.39, 0.29) is 5.56 Å². The molecule has 0 aliphatic carbocycles. The molecule has 3 N–H and O–H groups in total. The van der Waals surface area contributed by atoms with Crippen LogP contribution in [0, 0.1) is 3.57 Å². The summed E-state index contributed by atoms with van der Waals surface area (Å²) in [6.07, 6.45) is -0.678. The van der Waals surface area contributed by atoms with Crippen molar-refractivity contribution in [1.29, 1.82) is 0 Å². The number of carboxylic acids is 2. The SMILES string of the molecule is O=C(O)C[C@@H](NC(=O)c1cc(I)ccc1Br)C(=O)O. The predicted octanol–water partition coefficient (Wildman–Crippen LogP) is 1.71. The lowest BCUT2D eigenvalue weighted by Crippen LogP contribution is -2.42. The molecular formula is C11H9BrINO5. The van der Waals surface area contributed by atoms with Crippen molar-refractivity contribution in [2.75, 3.05) is 0 Å². The number of hydrogen-bond acceptors (Lipinski definition) is 3. The van der Waals surface area contributed by atoms with Gasteiger partial charge in [-0.25, -0.2) is 4.79 Å². The third kappa shape index (κ3) is 4.78. The maximum absolute atomic E-state index is 11.9. The number of nitrogens with one attached hydrogen (secondary N) is 1. The maximum Gasteiger partial charge on any atom is 0.326 e. The van der Waals surface area contributed by atoms with Gasteiger partial charge in [0.25, 0.3) is 5.91 Å². The van der Waals surface area contributed by atoms with Gasteiger partial charge in [-0.2, -0.15) is 0 Å². The fourth-order valence-corrected chi connectivity index (χ4v) is 2.20. The Bertz CT molecular complexity index is 534. The highest BCUT2D eigenvalue weighted by Crippen LogP contribution is 2.19. The largest absolute Gasteiger partial charge is 0.481 e. The topological polar surface area (TPSA) is 104 Å². The highest BCUT2D eigenvalue weighted by atomic mass is 127. The lowest BCUT2D eigenvalue weighted by molar-refractivity contribution is -0.145. The van der Waals surface area contributed by atoms with E-state index in [0.717, 1.165) is 3.57 Å². The molecule has 0 saturated heterocycles. The van der Waals surface area contributed by atoms with Gasteiger partial charge in [0.1, 0.15) is 6.04 Å². The molecule has 0 spiro atoms. The molecule has 1 amide bonds. The second kappa shape index (κ2) is 6.85. The summed E-state index contributed by atoms with van der Waals surface area (Å²) in [5, 5.41) is 19.6. The third-order valence-corrected chi connectivity index (χ3v) is 3.52. The fourth-order valence-electron chi connectivity index (χ4n) is 1.28. The first kappa shape index (κ1) is 15.9. The molecule has 1 rings (SSSR count). The molecule has 0 aromatic heterocycles. The van der Waals surface area contributed by atoms with Crippen molar-refractivity contribution in [2.45, 2.75) is 12.5 Å². The highest BCUT2D eigenvalue weighted by molar-refractivity contribution is 14.1. The first-order valence-corrected chi connectivity index (χ1v) is 6.89. The number of hydrogen-bond donors (Lipinski definition) is 3. The molecule has 6 nitrogen and oxygen atoms in total. The molecular weight excluding hydrogens is 433 g/mol. The summed E-state index contributed by atoms with van der Waals surface area (Å²) in [5.41, 5.74) is 0.253. The number of carbonyl (C=O) groups is 3. The van der Waals surface area contributed by atoms with Crippen LogP contribution in [-0.2, 0) is 9.59 Å². The Labute approximate surface area is 130 Å². The molecule has 0 bridgehead atoms. The molecule has 0 unspecified atom stereocenters. The number of halogens is 2. The summed E-state index contributed by atoms with van der Waals surface area (Å²) in [4.78, 5) is 33.3. The van der Waals surface area contributed by atoms with E-state index < -0.39 is 30.3 Å². The van der Waals surface area contributed by atoms with E-state index in [1.807, 2.05) is 22.6 Å². The molecule has 0 radical (unpaired) electrons. The second-order valence-corrected chi connectivity index (χ2v) is 5.69. The molecule has 1 atom stereocenters. The second-order valence-electron chi connectivity index (χ2n) is 3.59. The van der Waals surface area contributed by atoms with Gasteiger partial charge in [-0.1, -0.05) is 0 Å². The molecule has 19 heavy (non-hydrogen) atoms. The van der Waals surface area contributed by atoms with Crippen LogP contribution in [0.1, 0.15) is 16.8 Å². The number of carbonyl (C=O) groups excluding carboxylic acids is 1. The Hall–Kier alpha value is -1.16. The Morgan fingerprint density at radius 3 is 2.47 bits per heavy atom. The normalized spacial score (nSPS) is 11.7. The standard InChI is InChI=1S/C11H9BrINO5/c12-7-2-1-5(13)3-6(7)10(17)14-8(11(18)19)4-9(15)16/h1-3,8H,4H2,(H,14,17)(H,15,16)(H,18,19)/t8-/m1/s1. The van der Waals surface area contributed by atoms with E-state index in [2.05, 4.69) is 21.2 Å². The number of aliphatic carboxylic acids is 2. The number of benzene rings is 1. The minimum Gasteiger partial charge on any atom is -0.481 e. The van der Waals surface area contributed by atoms with Gasteiger partial charge >= 0.3 is 11.9 Å². The molecule has 1 aromatic rings. The quantitative estimate of drug-likeness (QED) is 0.603. The van der Waals surface area contributed by atoms with Crippen molar-refractivity contribution in [3.05, 3.63) is 31.8 Å². The summed E-state index contributed by atoms with van der Waals surface area (Å²) in [5.74, 6) is -3.33. The highest BCUT2D eigenvalue weighted by Gasteiger charge is 2.24. The smallest absolute Gasteiger partial charge is 0.326 e. The molecule has 1 aromatic carbocycles. The van der Waals surface area contributed by atoms with Crippen LogP contribution in [0.3, 0.4) is 0 Å². The molecule has 0 aliphatic rings. The van der Waals surface area contributed by atoms with Crippen LogP contribution < -0.4 is 5.32 Å². The predicted molar refractivity (Wildman–Crippen MR) is 78.0 cm³/mol. The van der Waals surface area contributed by atoms with Crippen molar-refractivity contribution >= 4 is 56.4 Å². The van der Waals surface area contributed by atoms with Crippen molar-refractivity contribution in [3.63, 3.8) is 0 Å². The van der Waals surface area contributed by atoms with Crippen LogP contribution in [0.15, 0.2) is 22.7 Å². The fraction of sp³-hybridized carbons (Fsp3) is 0.182. The first-order chi connectivity index (χ1) is 8.81. The third-order valence-electron chi connectivity index (χ3n) is 2.16. The Kier molecular flexibility index (Phi) is 5.73. The summed E-state index contributed by atoms with van der Waals surface area (Å²) in [6.45, 7) is 0. The van der Waals surface area contributed by atoms with Crippen molar-refractivity contribution in [1.82, 2.24) is 5.32 Å². The van der Waals surface area contributed by atoms with E-state index in [9.17, 15) is 14.4 Å². The zero-order valence-corrected chi connectivity index (χ0v) is 13.1. The van der Waals surface area contributed by atoms with E-state index >= 15 is 0 Å². The molecule has 0 heterocycles. The summed E-state index contributed by atoms with van der Waals surface area (Å²) in [7, 11) is 0. The summed E-state index contributed by atoms with van der Waals surface area (Å²) >= 11 is 5.19. The van der Waals surface area contributed by atoms with Crippen LogP contribution >= 0.6 is 38.5 Å². The van der Waals surface area contributed by atoms with Crippen molar-refractivity contribution in [2.24, 2.45) is 0 Å². The first-order valence-electron chi connectivity index (χ1n) is 5.01. The van der Waals surface area contributed by atoms with Crippen molar-refractivity contribution in [3.8, 4) is 0 Å². The van der Waals surface area contributed by atoms with Crippen LogP contribution in [0.4, 0.5) is 0 Å². The summed E-state index contributed by atoms with van der Waals surface area (Å²) < 4.78 is 1.31. The minimum absolute atomic E-state index is 0.253. The van der Waals surface area contributed by atoms with Gasteiger partial charge in [0.2, 0.25) is 0 Å². The van der Waals surface area contributed by atoms with Gasteiger partial charge in [0.15, 0.2) is 0 Å². The monoisotopic (exact) mass is 441 g/mol. The van der Waals surface area contributed by atoms with Crippen LogP contribution in [-0.4, -0.2) is 34.1 Å². The van der Waals surface area contributed by atoms with E-state index in [0.29, 0.717) is 4.47 Å². The van der Waals surface area contributed by atoms with E-state index in [1.165, 1.54) is 0 Å². The number of carboxylic acid groups (broad SMARTS) is 2. The molecule has 8 heteroatoms. The summed E-state index contributed by atoms with van der Waals surface area (Å²) in [6, 6.07) is 3.53. The van der Waals surface area contributed by atoms with Gasteiger partial charge in [-0.15, -0.1) is 0 Å². The lowest BCUT2D eigenvalue weighted by atomic mass is 10.1. The number of rotatable bonds is 5. The van der Waals surface area contributed by atoms with Crippen LogP contribution in [0.5, 0.6) is 0 Å². The average molecular weight is 442 g/mol. The van der Waals surface area contributed by atoms with Gasteiger partial charge in [0.05, 0.1) is 12.0 Å². The molecule has 0 aliphatic heterocycles. The zero-order chi connectivity index (χ0) is 14.6. The van der Waals surface area contributed by atoms with E-state index in [4.69, 9.17) is 10.2 Å². The average Bonchev–Trinajstić information content (AvgIpc) is 2.30. The molecule has 102 valence electrons. The van der Waals surface area contributed by atoms with Crippen LogP contribution in [0.25, 0.3) is 0 Å². The Morgan fingerprint density at radius 2 is 1.95 bits per heavy atom. The molecule has 0 saturated carbocycles. The van der Waals surface area contributed by atoms with Crippen molar-refractivity contribution < 1.29 is 24.6 Å². The minimum atomic E-state index is -1.46. The lowest BCUT2D eigenvalue weighted by Gasteiger charge is -2.13. The maximum atomic E-state index is 11.9. The van der Waals surface area contributed by atoms with Gasteiger partial charge in [-0.05, 0) is 56.7 Å². The van der Waals surface area contributed by atoms with Crippen LogP contribution in [0.2, 0.25) is 0 Å². The zero-order valence-electron chi connectivity index (χ0n) is 9.39. The van der Waals surface area contributed by atoms with E-state index in [1.54, 1.807) is 18.2 Å². The number of amides is 1. The van der Waals surface area contributed by atoms with Gasteiger partial charge in [0, 0.05) is 8.04 Å². The Morgan fingerprint density at radius 1 is 1.32 bits per heavy atom. The molecule has 0 fully saturated rings. The Balaban J connectivity index is 2.90.